The van der Waals surface area contributed by atoms with Gasteiger partial charge in [-0.3, -0.25) is 9.69 Å². The number of amides is 1. The molecule has 2 aromatic carbocycles. The van der Waals surface area contributed by atoms with E-state index >= 15 is 4.39 Å². The highest BCUT2D eigenvalue weighted by atomic mass is 32.1. The van der Waals surface area contributed by atoms with E-state index in [0.29, 0.717) is 42.2 Å². The lowest BCUT2D eigenvalue weighted by atomic mass is 10.1. The van der Waals surface area contributed by atoms with Crippen LogP contribution >= 0.6 is 11.3 Å². The van der Waals surface area contributed by atoms with E-state index in [0.717, 1.165) is 35.6 Å². The summed E-state index contributed by atoms with van der Waals surface area (Å²) in [4.78, 5) is 25.1. The average molecular weight is 569 g/mol. The molecule has 9 nitrogen and oxygen atoms in total. The first-order valence-electron chi connectivity index (χ1n) is 13.8. The highest BCUT2D eigenvalue weighted by Gasteiger charge is 2.30. The maximum absolute atomic E-state index is 15.6. The van der Waals surface area contributed by atoms with Crippen molar-refractivity contribution in [3.05, 3.63) is 94.4 Å². The van der Waals surface area contributed by atoms with E-state index in [4.69, 9.17) is 4.98 Å². The summed E-state index contributed by atoms with van der Waals surface area (Å²) in [6.07, 6.45) is 5.99. The molecule has 2 aliphatic rings. The van der Waals surface area contributed by atoms with E-state index < -0.39 is 11.7 Å². The predicted octanol–water partition coefficient (Wildman–Crippen LogP) is 5.95. The van der Waals surface area contributed by atoms with Gasteiger partial charge in [0.15, 0.2) is 10.8 Å². The van der Waals surface area contributed by atoms with Crippen LogP contribution in [-0.2, 0) is 19.6 Å². The number of aromatic nitrogens is 6. The van der Waals surface area contributed by atoms with Crippen LogP contribution in [0.1, 0.15) is 71.7 Å². The summed E-state index contributed by atoms with van der Waals surface area (Å²) in [5.74, 6) is 1.22. The Hall–Kier alpha value is -4.22. The van der Waals surface area contributed by atoms with E-state index in [2.05, 4.69) is 43.7 Å². The zero-order valence-corrected chi connectivity index (χ0v) is 23.6. The standard InChI is InChI=1S/C30H29FN8OS/c1-18(2)39-17-32-36-28(39)30-35-26(16-41-30)34-29(40)22-11-25-21(10-23(22)31)13-37(12-19-6-4-3-5-7-19)15-27-33-24(14-38(25)27)20-8-9-20/h3-7,10-11,14,16-18,20H,8-9,12-13,15H2,1-2H3,(H,34,40). The van der Waals surface area contributed by atoms with Gasteiger partial charge in [0.1, 0.15) is 23.8 Å². The predicted molar refractivity (Wildman–Crippen MR) is 154 cm³/mol. The number of nitrogens with one attached hydrogen (secondary N) is 1. The van der Waals surface area contributed by atoms with Crippen molar-refractivity contribution in [1.29, 1.82) is 0 Å². The fourth-order valence-corrected chi connectivity index (χ4v) is 6.04. The van der Waals surface area contributed by atoms with Crippen LogP contribution in [0.15, 0.2) is 60.4 Å². The molecule has 0 bridgehead atoms. The lowest BCUT2D eigenvalue weighted by Crippen LogP contribution is -2.22. The van der Waals surface area contributed by atoms with Crippen LogP contribution in [0.4, 0.5) is 10.2 Å². The normalized spacial score (nSPS) is 15.0. The quantitative estimate of drug-likeness (QED) is 0.261. The van der Waals surface area contributed by atoms with Gasteiger partial charge in [-0.25, -0.2) is 14.4 Å². The zero-order chi connectivity index (χ0) is 28.1. The van der Waals surface area contributed by atoms with E-state index in [1.54, 1.807) is 17.8 Å². The smallest absolute Gasteiger partial charge is 0.259 e. The van der Waals surface area contributed by atoms with Crippen molar-refractivity contribution in [2.24, 2.45) is 0 Å². The summed E-state index contributed by atoms with van der Waals surface area (Å²) >= 11 is 1.35. The van der Waals surface area contributed by atoms with Gasteiger partial charge in [-0.1, -0.05) is 30.3 Å². The largest absolute Gasteiger partial charge is 0.309 e. The van der Waals surface area contributed by atoms with Crippen LogP contribution in [0, 0.1) is 5.82 Å². The fourth-order valence-electron chi connectivity index (χ4n) is 5.30. The van der Waals surface area contributed by atoms with Gasteiger partial charge in [0, 0.05) is 36.6 Å². The number of nitrogens with zero attached hydrogens (tertiary/aromatic N) is 7. The lowest BCUT2D eigenvalue weighted by molar-refractivity contribution is 0.102. The third kappa shape index (κ3) is 5.07. The van der Waals surface area contributed by atoms with Crippen molar-refractivity contribution < 1.29 is 9.18 Å². The van der Waals surface area contributed by atoms with Gasteiger partial charge in [0.2, 0.25) is 0 Å². The molecule has 41 heavy (non-hydrogen) atoms. The molecule has 1 aliphatic carbocycles. The molecule has 3 aromatic heterocycles. The molecular weight excluding hydrogens is 539 g/mol. The second-order valence-corrected chi connectivity index (χ2v) is 11.8. The minimum Gasteiger partial charge on any atom is -0.309 e. The number of carbonyl (C=O) groups excluding carboxylic acids is 1. The van der Waals surface area contributed by atoms with Gasteiger partial charge in [-0.2, -0.15) is 0 Å². The SMILES string of the molecule is CC(C)n1cnnc1-c1nc(NC(=O)c2cc3c(cc2F)CN(Cc2ccccc2)Cc2nc(C4CC4)cn2-3)cs1. The Balaban J connectivity index is 1.20. The third-order valence-electron chi connectivity index (χ3n) is 7.54. The van der Waals surface area contributed by atoms with E-state index in [9.17, 15) is 4.79 Å². The Morgan fingerprint density at radius 3 is 2.76 bits per heavy atom. The number of rotatable bonds is 7. The van der Waals surface area contributed by atoms with E-state index in [1.165, 1.54) is 23.0 Å². The summed E-state index contributed by atoms with van der Waals surface area (Å²) in [6.45, 7) is 5.94. The van der Waals surface area contributed by atoms with Crippen molar-refractivity contribution in [2.75, 3.05) is 5.32 Å². The van der Waals surface area contributed by atoms with Crippen LogP contribution in [0.2, 0.25) is 0 Å². The minimum absolute atomic E-state index is 0.0345. The number of carbonyl (C=O) groups is 1. The van der Waals surface area contributed by atoms with Gasteiger partial charge >= 0.3 is 0 Å². The molecule has 1 fully saturated rings. The maximum Gasteiger partial charge on any atom is 0.259 e. The highest BCUT2D eigenvalue weighted by molar-refractivity contribution is 7.13. The summed E-state index contributed by atoms with van der Waals surface area (Å²) in [7, 11) is 0. The van der Waals surface area contributed by atoms with Gasteiger partial charge in [-0.15, -0.1) is 21.5 Å². The lowest BCUT2D eigenvalue weighted by Gasteiger charge is -2.20. The first-order valence-corrected chi connectivity index (χ1v) is 14.6. The van der Waals surface area contributed by atoms with Crippen LogP contribution in [-0.4, -0.2) is 40.1 Å². The number of benzene rings is 2. The molecule has 1 aliphatic heterocycles. The van der Waals surface area contributed by atoms with Gasteiger partial charge in [0.25, 0.3) is 5.91 Å². The summed E-state index contributed by atoms with van der Waals surface area (Å²) in [6, 6.07) is 13.5. The van der Waals surface area contributed by atoms with Gasteiger partial charge in [-0.05, 0) is 49.9 Å². The molecule has 7 rings (SSSR count). The molecule has 5 aromatic rings. The first kappa shape index (κ1) is 25.7. The highest BCUT2D eigenvalue weighted by Crippen LogP contribution is 2.40. The van der Waals surface area contributed by atoms with Gasteiger partial charge in [0.05, 0.1) is 23.5 Å². The Morgan fingerprint density at radius 2 is 1.98 bits per heavy atom. The molecule has 0 saturated heterocycles. The number of halogens is 1. The average Bonchev–Trinajstić information content (AvgIpc) is 3.33. The topological polar surface area (TPSA) is 93.8 Å². The van der Waals surface area contributed by atoms with Crippen molar-refractivity contribution >= 4 is 23.1 Å². The molecule has 208 valence electrons. The fraction of sp³-hybridized carbons (Fsp3) is 0.300. The number of hydrogen-bond donors (Lipinski definition) is 1. The number of anilines is 1. The number of imidazole rings is 1. The molecule has 1 N–H and O–H groups in total. The summed E-state index contributed by atoms with van der Waals surface area (Å²) < 4.78 is 19.5. The van der Waals surface area contributed by atoms with Gasteiger partial charge < -0.3 is 14.5 Å². The second-order valence-electron chi connectivity index (χ2n) is 11.0. The van der Waals surface area contributed by atoms with Crippen molar-refractivity contribution in [2.45, 2.75) is 58.3 Å². The molecule has 1 saturated carbocycles. The molecular formula is C30H29FN8OS. The molecule has 11 heteroatoms. The third-order valence-corrected chi connectivity index (χ3v) is 8.38. The van der Waals surface area contributed by atoms with E-state index in [-0.39, 0.29) is 11.6 Å². The summed E-state index contributed by atoms with van der Waals surface area (Å²) in [5, 5.41) is 13.3. The Kier molecular flexibility index (Phi) is 6.47. The molecule has 1 amide bonds. The number of hydrogen-bond acceptors (Lipinski definition) is 7. The van der Waals surface area contributed by atoms with E-state index in [1.807, 2.05) is 41.2 Å². The van der Waals surface area contributed by atoms with Crippen molar-refractivity contribution in [1.82, 2.24) is 34.2 Å². The maximum atomic E-state index is 15.6. The molecule has 4 heterocycles. The van der Waals surface area contributed by atoms with Crippen LogP contribution in [0.25, 0.3) is 16.5 Å². The second kappa shape index (κ2) is 10.3. The Labute approximate surface area is 240 Å². The first-order chi connectivity index (χ1) is 19.9. The van der Waals surface area contributed by atoms with Crippen LogP contribution in [0.5, 0.6) is 0 Å². The number of thiazole rings is 1. The van der Waals surface area contributed by atoms with Crippen LogP contribution in [0.3, 0.4) is 0 Å². The Morgan fingerprint density at radius 1 is 1.15 bits per heavy atom. The molecule has 0 radical (unpaired) electrons. The monoisotopic (exact) mass is 568 g/mol. The number of fused-ring (bicyclic) bond motifs is 3. The Bertz CT molecular complexity index is 1740. The molecule has 0 atom stereocenters. The van der Waals surface area contributed by atoms with Crippen LogP contribution < -0.4 is 5.32 Å². The zero-order valence-electron chi connectivity index (χ0n) is 22.8. The van der Waals surface area contributed by atoms with Crippen molar-refractivity contribution in [3.63, 3.8) is 0 Å². The summed E-state index contributed by atoms with van der Waals surface area (Å²) in [5.41, 5.74) is 3.81. The molecule has 0 unspecified atom stereocenters. The molecule has 0 spiro atoms. The minimum atomic E-state index is -0.568. The van der Waals surface area contributed by atoms with Crippen molar-refractivity contribution in [3.8, 4) is 16.5 Å².